The summed E-state index contributed by atoms with van der Waals surface area (Å²) in [5, 5.41) is 2.86. The molecule has 0 aliphatic heterocycles. The molecule has 2 amide bonds. The molecule has 10 heteroatoms. The quantitative estimate of drug-likeness (QED) is 0.401. The van der Waals surface area contributed by atoms with Crippen LogP contribution in [0.15, 0.2) is 76.6 Å². The van der Waals surface area contributed by atoms with Gasteiger partial charge in [0.1, 0.15) is 12.6 Å². The molecule has 0 fully saturated rings. The van der Waals surface area contributed by atoms with Gasteiger partial charge >= 0.3 is 5.69 Å². The van der Waals surface area contributed by atoms with Crippen LogP contribution in [0.2, 0.25) is 0 Å². The molecule has 186 valence electrons. The highest BCUT2D eigenvalue weighted by Crippen LogP contribution is 2.16. The van der Waals surface area contributed by atoms with E-state index in [-0.39, 0.29) is 23.6 Å². The molecular weight excluding hydrogens is 460 g/mol. The fourth-order valence-electron chi connectivity index (χ4n) is 4.22. The summed E-state index contributed by atoms with van der Waals surface area (Å²) in [6.45, 7) is 2.07. The highest BCUT2D eigenvalue weighted by molar-refractivity contribution is 5.99. The van der Waals surface area contributed by atoms with Crippen molar-refractivity contribution in [2.75, 3.05) is 11.4 Å². The first-order valence-corrected chi connectivity index (χ1v) is 11.6. The minimum Gasteiger partial charge on any atom is -0.342 e. The molecule has 4 rings (SSSR count). The monoisotopic (exact) mass is 488 g/mol. The maximum atomic E-state index is 13.6. The first-order valence-electron chi connectivity index (χ1n) is 11.6. The summed E-state index contributed by atoms with van der Waals surface area (Å²) in [5.74, 6) is -0.696. The number of para-hydroxylation sites is 1. The summed E-state index contributed by atoms with van der Waals surface area (Å²) >= 11 is 0. The third-order valence-electron chi connectivity index (χ3n) is 6.10. The molecule has 0 unspecified atom stereocenters. The van der Waals surface area contributed by atoms with E-state index in [1.807, 2.05) is 67.6 Å². The van der Waals surface area contributed by atoms with Crippen LogP contribution in [0.4, 0.5) is 5.69 Å². The van der Waals surface area contributed by atoms with Crippen LogP contribution in [-0.2, 0) is 36.6 Å². The topological polar surface area (TPSA) is 111 Å². The van der Waals surface area contributed by atoms with Crippen LogP contribution < -0.4 is 21.5 Å². The number of imidazole rings is 1. The number of nitrogens with one attached hydrogen (secondary N) is 1. The van der Waals surface area contributed by atoms with Crippen molar-refractivity contribution < 1.29 is 9.59 Å². The summed E-state index contributed by atoms with van der Waals surface area (Å²) in [6, 6.07) is 17.9. The number of carbonyl (C=O) groups is 2. The van der Waals surface area contributed by atoms with E-state index >= 15 is 0 Å². The van der Waals surface area contributed by atoms with E-state index in [0.29, 0.717) is 13.0 Å². The van der Waals surface area contributed by atoms with Gasteiger partial charge in [0.25, 0.3) is 5.56 Å². The van der Waals surface area contributed by atoms with Gasteiger partial charge in [0.15, 0.2) is 11.2 Å². The van der Waals surface area contributed by atoms with Gasteiger partial charge in [-0.15, -0.1) is 0 Å². The number of anilines is 1. The van der Waals surface area contributed by atoms with Gasteiger partial charge in [-0.1, -0.05) is 48.5 Å². The van der Waals surface area contributed by atoms with Crippen molar-refractivity contribution in [3.8, 4) is 0 Å². The third-order valence-corrected chi connectivity index (χ3v) is 6.10. The molecule has 1 N–H and O–H groups in total. The molecular formula is C26H28N6O4. The van der Waals surface area contributed by atoms with Crippen LogP contribution in [0.25, 0.3) is 11.2 Å². The molecule has 0 saturated carbocycles. The number of nitrogens with zero attached hydrogens (tertiary/aromatic N) is 5. The second kappa shape index (κ2) is 10.4. The van der Waals surface area contributed by atoms with Gasteiger partial charge in [0.05, 0.1) is 6.33 Å². The van der Waals surface area contributed by atoms with Gasteiger partial charge in [0.2, 0.25) is 11.8 Å². The largest absolute Gasteiger partial charge is 0.342 e. The number of aryl methyl sites for hydroxylation is 1. The van der Waals surface area contributed by atoms with E-state index in [0.717, 1.165) is 15.8 Å². The molecule has 2 aromatic carbocycles. The molecule has 2 aromatic heterocycles. The lowest BCUT2D eigenvalue weighted by Gasteiger charge is -2.27. The fraction of sp³-hybridized carbons (Fsp3) is 0.269. The van der Waals surface area contributed by atoms with E-state index in [2.05, 4.69) is 10.3 Å². The number of hydrogen-bond acceptors (Lipinski definition) is 5. The van der Waals surface area contributed by atoms with E-state index in [4.69, 9.17) is 0 Å². The van der Waals surface area contributed by atoms with Crippen LogP contribution in [0, 0.1) is 0 Å². The van der Waals surface area contributed by atoms with Crippen LogP contribution >= 0.6 is 0 Å². The van der Waals surface area contributed by atoms with Crippen LogP contribution in [0.1, 0.15) is 12.5 Å². The van der Waals surface area contributed by atoms with Crippen LogP contribution in [0.3, 0.4) is 0 Å². The Bertz CT molecular complexity index is 1500. The Morgan fingerprint density at radius 3 is 2.25 bits per heavy atom. The Hall–Kier alpha value is -4.47. The minimum atomic E-state index is -0.831. The molecule has 0 bridgehead atoms. The predicted molar refractivity (Wildman–Crippen MR) is 137 cm³/mol. The number of fused-ring (bicyclic) bond motifs is 1. The van der Waals surface area contributed by atoms with Gasteiger partial charge in [-0.05, 0) is 24.6 Å². The summed E-state index contributed by atoms with van der Waals surface area (Å²) in [6.07, 6.45) is 1.65. The molecule has 2 heterocycles. The Morgan fingerprint density at radius 1 is 0.972 bits per heavy atom. The second-order valence-electron chi connectivity index (χ2n) is 8.48. The second-order valence-corrected chi connectivity index (χ2v) is 8.48. The lowest BCUT2D eigenvalue weighted by atomic mass is 10.0. The maximum absolute atomic E-state index is 13.6. The molecule has 1 atom stereocenters. The van der Waals surface area contributed by atoms with E-state index in [9.17, 15) is 19.2 Å². The standard InChI is InChI=1S/C26H28N6O4/c1-4-32(19-13-9-6-10-14-19)24(34)20(15-18-11-7-5-8-12-18)28-21(33)16-31-17-27-23-22(31)25(35)30(3)26(36)29(23)2/h5-14,17,20H,4,15-16H2,1-3H3,(H,28,33)/t20-/m0/s1. The van der Waals surface area contributed by atoms with Crippen molar-refractivity contribution in [1.82, 2.24) is 24.0 Å². The lowest BCUT2D eigenvalue weighted by Crippen LogP contribution is -2.50. The lowest BCUT2D eigenvalue weighted by molar-refractivity contribution is -0.127. The van der Waals surface area contributed by atoms with Crippen molar-refractivity contribution in [3.63, 3.8) is 0 Å². The normalized spacial score (nSPS) is 11.9. The number of aromatic nitrogens is 4. The molecule has 4 aromatic rings. The number of likely N-dealkylation sites (N-methyl/N-ethyl adjacent to an activating group) is 1. The minimum absolute atomic E-state index is 0.139. The fourth-order valence-corrected chi connectivity index (χ4v) is 4.22. The molecule has 0 aliphatic carbocycles. The average molecular weight is 489 g/mol. The molecule has 36 heavy (non-hydrogen) atoms. The van der Waals surface area contributed by atoms with E-state index < -0.39 is 23.2 Å². The van der Waals surface area contributed by atoms with Crippen LogP contribution in [-0.4, -0.2) is 43.1 Å². The van der Waals surface area contributed by atoms with Crippen LogP contribution in [0.5, 0.6) is 0 Å². The molecule has 0 saturated heterocycles. The Balaban J connectivity index is 1.63. The van der Waals surface area contributed by atoms with Crippen molar-refractivity contribution in [3.05, 3.63) is 93.4 Å². The van der Waals surface area contributed by atoms with Gasteiger partial charge in [-0.3, -0.25) is 23.5 Å². The van der Waals surface area contributed by atoms with Crippen molar-refractivity contribution in [2.24, 2.45) is 14.1 Å². The first kappa shape index (κ1) is 24.6. The summed E-state index contributed by atoms with van der Waals surface area (Å²) in [4.78, 5) is 57.5. The Kier molecular flexibility index (Phi) is 7.14. The zero-order valence-corrected chi connectivity index (χ0v) is 20.4. The molecule has 0 aliphatic rings. The third kappa shape index (κ3) is 4.83. The number of benzene rings is 2. The number of carbonyl (C=O) groups excluding carboxylic acids is 2. The maximum Gasteiger partial charge on any atom is 0.332 e. The zero-order valence-electron chi connectivity index (χ0n) is 20.4. The highest BCUT2D eigenvalue weighted by Gasteiger charge is 2.27. The zero-order chi connectivity index (χ0) is 25.8. The van der Waals surface area contributed by atoms with E-state index in [1.165, 1.54) is 29.6 Å². The van der Waals surface area contributed by atoms with Crippen molar-refractivity contribution in [1.29, 1.82) is 0 Å². The molecule has 0 spiro atoms. The Labute approximate surface area is 207 Å². The van der Waals surface area contributed by atoms with Gasteiger partial charge < -0.3 is 14.8 Å². The summed E-state index contributed by atoms with van der Waals surface area (Å²) in [7, 11) is 2.89. The summed E-state index contributed by atoms with van der Waals surface area (Å²) in [5.41, 5.74) is 0.918. The average Bonchev–Trinajstić information content (AvgIpc) is 3.31. The number of hydrogen-bond donors (Lipinski definition) is 1. The molecule has 0 radical (unpaired) electrons. The smallest absolute Gasteiger partial charge is 0.332 e. The highest BCUT2D eigenvalue weighted by atomic mass is 16.2. The van der Waals surface area contributed by atoms with Gasteiger partial charge in [-0.25, -0.2) is 9.78 Å². The van der Waals surface area contributed by atoms with E-state index in [1.54, 1.807) is 4.90 Å². The first-order chi connectivity index (χ1) is 17.3. The van der Waals surface area contributed by atoms with Crippen molar-refractivity contribution >= 4 is 28.7 Å². The molecule has 10 nitrogen and oxygen atoms in total. The SMILES string of the molecule is CCN(C(=O)[C@H](Cc1ccccc1)NC(=O)Cn1cnc2c1c(=O)n(C)c(=O)n2C)c1ccccc1. The van der Waals surface area contributed by atoms with Crippen molar-refractivity contribution in [2.45, 2.75) is 25.9 Å². The number of rotatable bonds is 8. The Morgan fingerprint density at radius 2 is 1.61 bits per heavy atom. The number of amides is 2. The van der Waals surface area contributed by atoms with Gasteiger partial charge in [0, 0.05) is 32.7 Å². The van der Waals surface area contributed by atoms with Gasteiger partial charge in [-0.2, -0.15) is 0 Å². The predicted octanol–water partition coefficient (Wildman–Crippen LogP) is 1.21. The summed E-state index contributed by atoms with van der Waals surface area (Å²) < 4.78 is 3.62.